The first-order chi connectivity index (χ1) is 23.8. The molecule has 0 spiro atoms. The number of nitrogens with one attached hydrogen (secondary N) is 2. The molecule has 1 unspecified atom stereocenters. The fraction of sp³-hybridized carbons (Fsp3) is 0.545. The Labute approximate surface area is 307 Å². The van der Waals surface area contributed by atoms with Crippen molar-refractivity contribution in [3.8, 4) is 0 Å². The third-order valence-corrected chi connectivity index (χ3v) is 12.2. The Hall–Kier alpha value is -3.05. The highest BCUT2D eigenvalue weighted by Gasteiger charge is 2.37. The van der Waals surface area contributed by atoms with Crippen molar-refractivity contribution >= 4 is 68.2 Å². The van der Waals surface area contributed by atoms with Crippen molar-refractivity contribution in [2.75, 3.05) is 30.1 Å². The SMILES string of the molecule is CC(=O)c1csc(NC(=O)OC(C)(C)C)n1.CCOP(=O)(OCC)C(O)c1csc(NC(=O)[C@H](CC2CCCC2)c2ccc(S(C)(=O)=O)cc2)n1. The largest absolute Gasteiger partial charge is 0.444 e. The molecule has 2 aromatic heterocycles. The van der Waals surface area contributed by atoms with Crippen molar-refractivity contribution < 1.29 is 46.3 Å². The molecule has 0 saturated heterocycles. The van der Waals surface area contributed by atoms with Gasteiger partial charge in [-0.25, -0.2) is 23.2 Å². The van der Waals surface area contributed by atoms with E-state index in [1.165, 1.54) is 35.8 Å². The summed E-state index contributed by atoms with van der Waals surface area (Å²) >= 11 is 2.29. The molecule has 51 heavy (non-hydrogen) atoms. The number of ketones is 1. The average Bonchev–Trinajstić information content (AvgIpc) is 3.82. The Morgan fingerprint density at radius 1 is 0.980 bits per heavy atom. The van der Waals surface area contributed by atoms with Gasteiger partial charge in [0.2, 0.25) is 5.91 Å². The van der Waals surface area contributed by atoms with Gasteiger partial charge in [0, 0.05) is 23.9 Å². The van der Waals surface area contributed by atoms with Crippen molar-refractivity contribution in [2.45, 2.75) is 95.9 Å². The van der Waals surface area contributed by atoms with Gasteiger partial charge in [0.05, 0.1) is 29.7 Å². The quantitative estimate of drug-likeness (QED) is 0.106. The van der Waals surface area contributed by atoms with Crippen LogP contribution in [-0.2, 0) is 33.0 Å². The molecule has 1 aliphatic rings. The van der Waals surface area contributed by atoms with Crippen LogP contribution in [0.25, 0.3) is 0 Å². The minimum atomic E-state index is -3.82. The first-order valence-electron chi connectivity index (χ1n) is 16.4. The van der Waals surface area contributed by atoms with E-state index >= 15 is 0 Å². The second kappa shape index (κ2) is 18.6. The van der Waals surface area contributed by atoms with Crippen molar-refractivity contribution in [3.05, 3.63) is 52.0 Å². The number of carbonyl (C=O) groups excluding carboxylic acids is 3. The van der Waals surface area contributed by atoms with E-state index in [-0.39, 0.29) is 40.6 Å². The number of hydrogen-bond donors (Lipinski definition) is 3. The number of hydrogen-bond acceptors (Lipinski definition) is 14. The minimum absolute atomic E-state index is 0.0976. The smallest absolute Gasteiger partial charge is 0.413 e. The molecule has 1 fully saturated rings. The van der Waals surface area contributed by atoms with Gasteiger partial charge in [0.1, 0.15) is 11.3 Å². The van der Waals surface area contributed by atoms with Crippen LogP contribution in [-0.4, -0.2) is 66.3 Å². The summed E-state index contributed by atoms with van der Waals surface area (Å²) in [6.07, 6.45) is 5.62. The number of anilines is 2. The lowest BCUT2D eigenvalue weighted by Gasteiger charge is -2.21. The molecule has 3 aromatic rings. The van der Waals surface area contributed by atoms with Crippen LogP contribution in [0.2, 0.25) is 0 Å². The van der Waals surface area contributed by atoms with E-state index in [1.54, 1.807) is 52.1 Å². The highest BCUT2D eigenvalue weighted by molar-refractivity contribution is 7.90. The highest BCUT2D eigenvalue weighted by atomic mass is 32.2. The van der Waals surface area contributed by atoms with Gasteiger partial charge in [-0.2, -0.15) is 0 Å². The Balaban J connectivity index is 0.000000367. The van der Waals surface area contributed by atoms with Crippen LogP contribution in [0.15, 0.2) is 39.9 Å². The molecule has 18 heteroatoms. The normalized spacial score (nSPS) is 15.0. The molecule has 0 bridgehead atoms. The number of sulfone groups is 1. The molecule has 2 heterocycles. The lowest BCUT2D eigenvalue weighted by atomic mass is 9.87. The van der Waals surface area contributed by atoms with Gasteiger partial charge >= 0.3 is 13.7 Å². The summed E-state index contributed by atoms with van der Waals surface area (Å²) in [7, 11) is -7.16. The number of aromatic nitrogens is 2. The predicted molar refractivity (Wildman–Crippen MR) is 197 cm³/mol. The highest BCUT2D eigenvalue weighted by Crippen LogP contribution is 2.59. The molecule has 1 aromatic carbocycles. The molecule has 1 aliphatic carbocycles. The Bertz CT molecular complexity index is 1770. The minimum Gasteiger partial charge on any atom is -0.444 e. The van der Waals surface area contributed by atoms with Gasteiger partial charge in [-0.05, 0) is 64.7 Å². The van der Waals surface area contributed by atoms with Gasteiger partial charge in [0.15, 0.2) is 31.7 Å². The maximum Gasteiger partial charge on any atom is 0.413 e. The zero-order valence-electron chi connectivity index (χ0n) is 29.8. The zero-order chi connectivity index (χ0) is 38.0. The molecule has 2 atom stereocenters. The number of ether oxygens (including phenoxy) is 1. The summed E-state index contributed by atoms with van der Waals surface area (Å²) in [5.74, 6) is -2.04. The molecular formula is C33H47N4O10PS3. The molecular weight excluding hydrogens is 740 g/mol. The third-order valence-electron chi connectivity index (χ3n) is 7.48. The van der Waals surface area contributed by atoms with Crippen LogP contribution in [0, 0.1) is 5.92 Å². The van der Waals surface area contributed by atoms with E-state index in [1.807, 2.05) is 0 Å². The average molecular weight is 787 g/mol. The van der Waals surface area contributed by atoms with E-state index in [4.69, 9.17) is 13.8 Å². The summed E-state index contributed by atoms with van der Waals surface area (Å²) in [6, 6.07) is 6.42. The lowest BCUT2D eigenvalue weighted by molar-refractivity contribution is -0.118. The fourth-order valence-electron chi connectivity index (χ4n) is 5.16. The van der Waals surface area contributed by atoms with E-state index in [2.05, 4.69) is 20.6 Å². The van der Waals surface area contributed by atoms with Crippen molar-refractivity contribution in [1.82, 2.24) is 9.97 Å². The molecule has 3 N–H and O–H groups in total. The number of amides is 2. The van der Waals surface area contributed by atoms with Crippen LogP contribution in [0.4, 0.5) is 15.1 Å². The van der Waals surface area contributed by atoms with Gasteiger partial charge in [-0.3, -0.25) is 19.5 Å². The molecule has 282 valence electrons. The number of benzene rings is 1. The number of carbonyl (C=O) groups is 3. The maximum absolute atomic E-state index is 13.3. The zero-order valence-corrected chi connectivity index (χ0v) is 33.2. The van der Waals surface area contributed by atoms with Crippen LogP contribution in [0.3, 0.4) is 0 Å². The number of aliphatic hydroxyl groups is 1. The number of thiazole rings is 2. The first-order valence-corrected chi connectivity index (χ1v) is 21.7. The van der Waals surface area contributed by atoms with E-state index in [0.29, 0.717) is 23.2 Å². The van der Waals surface area contributed by atoms with Crippen LogP contribution >= 0.6 is 30.3 Å². The molecule has 0 aliphatic heterocycles. The molecule has 4 rings (SSSR count). The second-order valence-electron chi connectivity index (χ2n) is 12.8. The Morgan fingerprint density at radius 3 is 2.06 bits per heavy atom. The number of Topliss-reactive ketones (excluding diaryl/α,β-unsaturated/α-hetero) is 1. The van der Waals surface area contributed by atoms with E-state index in [0.717, 1.165) is 48.8 Å². The van der Waals surface area contributed by atoms with Crippen LogP contribution in [0.5, 0.6) is 0 Å². The van der Waals surface area contributed by atoms with Crippen LogP contribution < -0.4 is 10.6 Å². The molecule has 0 radical (unpaired) electrons. The second-order valence-corrected chi connectivity index (χ2v) is 18.6. The standard InChI is InChI=1S/C23H33N2O7PS2.C10H14N2O3S/c1-4-31-33(28,32-5-2)22(27)20-15-34-23(24-20)25-21(26)19(14-16-8-6-7-9-16)17-10-12-18(13-11-17)35(3,29)30;1-6(13)7-5-16-8(11-7)12-9(14)15-10(2,3)4/h10-13,15-16,19,22,27H,4-9,14H2,1-3H3,(H,24,25,26);5H,1-4H3,(H,11,12,14)/t19-,22?;/m1./s1. The monoisotopic (exact) mass is 786 g/mol. The van der Waals surface area contributed by atoms with E-state index < -0.39 is 40.9 Å². The summed E-state index contributed by atoms with van der Waals surface area (Å²) in [5, 5.41) is 19.6. The molecule has 1 saturated carbocycles. The number of rotatable bonds is 14. The summed E-state index contributed by atoms with van der Waals surface area (Å²) < 4.78 is 52.0. The topological polar surface area (TPSA) is 200 Å². The third kappa shape index (κ3) is 13.1. The number of aliphatic hydroxyl groups excluding tert-OH is 1. The lowest BCUT2D eigenvalue weighted by Crippen LogP contribution is -2.27. The van der Waals surface area contributed by atoms with Crippen molar-refractivity contribution in [3.63, 3.8) is 0 Å². The van der Waals surface area contributed by atoms with Gasteiger partial charge in [-0.15, -0.1) is 22.7 Å². The number of nitrogens with zero attached hydrogens (tertiary/aromatic N) is 2. The Morgan fingerprint density at radius 2 is 1.55 bits per heavy atom. The van der Waals surface area contributed by atoms with Gasteiger partial charge in [-0.1, -0.05) is 37.8 Å². The molecule has 2 amide bonds. The van der Waals surface area contributed by atoms with Gasteiger partial charge in [0.25, 0.3) is 0 Å². The first kappa shape index (κ1) is 42.4. The fourth-order valence-corrected chi connectivity index (χ4v) is 8.89. The Kier molecular flexibility index (Phi) is 15.5. The maximum atomic E-state index is 13.3. The molecule has 14 nitrogen and oxygen atoms in total. The summed E-state index contributed by atoms with van der Waals surface area (Å²) in [4.78, 5) is 44.1. The van der Waals surface area contributed by atoms with Crippen molar-refractivity contribution in [1.29, 1.82) is 0 Å². The predicted octanol–water partition coefficient (Wildman–Crippen LogP) is 7.80. The summed E-state index contributed by atoms with van der Waals surface area (Å²) in [5.41, 5.74) is 0.623. The van der Waals surface area contributed by atoms with Gasteiger partial charge < -0.3 is 24.2 Å². The summed E-state index contributed by atoms with van der Waals surface area (Å²) in [6.45, 7) is 10.2. The van der Waals surface area contributed by atoms with Crippen molar-refractivity contribution in [2.24, 2.45) is 5.92 Å². The van der Waals surface area contributed by atoms with E-state index in [9.17, 15) is 32.5 Å². The van der Waals surface area contributed by atoms with Crippen LogP contribution in [0.1, 0.15) is 107 Å².